The van der Waals surface area contributed by atoms with Crippen LogP contribution in [0.5, 0.6) is 5.75 Å². The van der Waals surface area contributed by atoms with Crippen LogP contribution in [0.1, 0.15) is 52.2 Å². The molecule has 4 aromatic rings. The maximum Gasteiger partial charge on any atom is 0.416 e. The lowest BCUT2D eigenvalue weighted by Gasteiger charge is -2.38. The first-order valence-electron chi connectivity index (χ1n) is 16.5. The van der Waals surface area contributed by atoms with Crippen molar-refractivity contribution in [2.24, 2.45) is 0 Å². The highest BCUT2D eigenvalue weighted by Crippen LogP contribution is 2.33. The number of aromatic hydroxyl groups is 1. The zero-order valence-electron chi connectivity index (χ0n) is 28.8. The molecule has 0 aliphatic carbocycles. The molecule has 2 aliphatic rings. The van der Waals surface area contributed by atoms with Gasteiger partial charge in [0.15, 0.2) is 17.3 Å². The molecule has 6 rings (SSSR count). The first-order valence-corrected chi connectivity index (χ1v) is 16.5. The van der Waals surface area contributed by atoms with Crippen molar-refractivity contribution in [3.05, 3.63) is 75.0 Å². The third-order valence-corrected chi connectivity index (χ3v) is 9.32. The molecule has 1 saturated heterocycles. The maximum absolute atomic E-state index is 14.4. The summed E-state index contributed by atoms with van der Waals surface area (Å²) in [5, 5.41) is 16.4. The fourth-order valence-corrected chi connectivity index (χ4v) is 6.40. The fraction of sp³-hybridized carbons (Fsp3) is 0.406. The summed E-state index contributed by atoms with van der Waals surface area (Å²) in [4.78, 5) is 57.8. The quantitative estimate of drug-likeness (QED) is 0.264. The highest BCUT2D eigenvalue weighted by atomic mass is 19.4. The molecule has 0 saturated carbocycles. The molecular formula is C32H36B2F3N9O5. The number of benzene rings is 1. The van der Waals surface area contributed by atoms with Crippen LogP contribution >= 0.6 is 0 Å². The molecule has 0 unspecified atom stereocenters. The van der Waals surface area contributed by atoms with Crippen LogP contribution in [0.25, 0.3) is 11.4 Å². The maximum atomic E-state index is 14.4. The number of hydrogen-bond acceptors (Lipinski definition) is 10. The van der Waals surface area contributed by atoms with Gasteiger partial charge in [0.25, 0.3) is 11.5 Å². The molecule has 3 aromatic heterocycles. The SMILES string of the molecule is BC(B)(C(=O)Nc1ccc(C(F)(F)F)cc1C)n1c(CC)c(N2CCN(C(=O)c3ncnc(C)c3O)CC2)c(=O)n2nc(C3=CCOCC3)nc12. The minimum Gasteiger partial charge on any atom is -0.504 e. The number of carbonyl (C=O) groups excluding carboxylic acids is 2. The highest BCUT2D eigenvalue weighted by molar-refractivity contribution is 6.50. The first-order chi connectivity index (χ1) is 24.1. The summed E-state index contributed by atoms with van der Waals surface area (Å²) >= 11 is 0. The molecule has 0 bridgehead atoms. The van der Waals surface area contributed by atoms with Crippen LogP contribution in [0, 0.1) is 13.8 Å². The number of alkyl halides is 3. The number of rotatable bonds is 7. The normalized spacial score (nSPS) is 15.6. The molecule has 14 nitrogen and oxygen atoms in total. The molecule has 5 heterocycles. The average molecular weight is 705 g/mol. The van der Waals surface area contributed by atoms with Crippen molar-refractivity contribution in [3.63, 3.8) is 0 Å². The summed E-state index contributed by atoms with van der Waals surface area (Å²) < 4.78 is 48.3. The Hall–Kier alpha value is -5.19. The average Bonchev–Trinajstić information content (AvgIpc) is 3.55. The summed E-state index contributed by atoms with van der Waals surface area (Å²) in [6.07, 6.45) is -0.673. The Labute approximate surface area is 292 Å². The molecular weight excluding hydrogens is 669 g/mol. The number of aryl methyl sites for hydroxylation is 2. The van der Waals surface area contributed by atoms with Crippen LogP contribution in [0.4, 0.5) is 24.5 Å². The van der Waals surface area contributed by atoms with Crippen LogP contribution in [-0.4, -0.2) is 106 Å². The Kier molecular flexibility index (Phi) is 9.43. The zero-order chi connectivity index (χ0) is 36.8. The van der Waals surface area contributed by atoms with Crippen molar-refractivity contribution in [3.8, 4) is 5.75 Å². The van der Waals surface area contributed by atoms with E-state index in [1.54, 1.807) is 27.2 Å². The van der Waals surface area contributed by atoms with Gasteiger partial charge in [0.2, 0.25) is 11.7 Å². The van der Waals surface area contributed by atoms with Gasteiger partial charge in [-0.2, -0.15) is 22.7 Å². The first kappa shape index (κ1) is 35.6. The van der Waals surface area contributed by atoms with E-state index in [-0.39, 0.29) is 66.0 Å². The summed E-state index contributed by atoms with van der Waals surface area (Å²) in [7, 11) is 3.29. The van der Waals surface area contributed by atoms with E-state index in [1.807, 2.05) is 17.9 Å². The second-order valence-electron chi connectivity index (χ2n) is 13.0. The number of carbonyl (C=O) groups is 2. The van der Waals surface area contributed by atoms with E-state index in [9.17, 15) is 32.7 Å². The third-order valence-electron chi connectivity index (χ3n) is 9.32. The number of anilines is 2. The van der Waals surface area contributed by atoms with Crippen LogP contribution in [0.2, 0.25) is 0 Å². The number of nitrogens with zero attached hydrogens (tertiary/aromatic N) is 8. The van der Waals surface area contributed by atoms with Crippen molar-refractivity contribution < 1.29 is 32.6 Å². The van der Waals surface area contributed by atoms with E-state index in [2.05, 4.69) is 20.4 Å². The van der Waals surface area contributed by atoms with Gasteiger partial charge >= 0.3 is 6.18 Å². The van der Waals surface area contributed by atoms with Gasteiger partial charge in [0.1, 0.15) is 27.7 Å². The van der Waals surface area contributed by atoms with E-state index in [0.29, 0.717) is 37.6 Å². The van der Waals surface area contributed by atoms with Crippen molar-refractivity contribution >= 4 is 50.2 Å². The van der Waals surface area contributed by atoms with E-state index >= 15 is 0 Å². The molecule has 1 fully saturated rings. The molecule has 1 aromatic carbocycles. The summed E-state index contributed by atoms with van der Waals surface area (Å²) in [5.74, 6) is -0.880. The fourth-order valence-electron chi connectivity index (χ4n) is 6.40. The predicted octanol–water partition coefficient (Wildman–Crippen LogP) is 0.866. The van der Waals surface area contributed by atoms with Gasteiger partial charge in [0, 0.05) is 37.6 Å². The Morgan fingerprint density at radius 1 is 1.10 bits per heavy atom. The molecule has 51 heavy (non-hydrogen) atoms. The van der Waals surface area contributed by atoms with Gasteiger partial charge in [-0.05, 0) is 56.0 Å². The summed E-state index contributed by atoms with van der Waals surface area (Å²) in [6, 6.07) is 3.10. The van der Waals surface area contributed by atoms with E-state index in [1.165, 1.54) is 28.7 Å². The lowest BCUT2D eigenvalue weighted by molar-refractivity contribution is -0.137. The second-order valence-corrected chi connectivity index (χ2v) is 13.0. The third kappa shape index (κ3) is 6.57. The number of amides is 2. The van der Waals surface area contributed by atoms with Crippen molar-refractivity contribution in [2.45, 2.75) is 45.1 Å². The Morgan fingerprint density at radius 3 is 2.45 bits per heavy atom. The van der Waals surface area contributed by atoms with E-state index in [4.69, 9.17) is 9.72 Å². The molecule has 266 valence electrons. The summed E-state index contributed by atoms with van der Waals surface area (Å²) in [6.45, 7) is 6.59. The standard InChI is InChI=1S/C32H36B2F3N9O5/c1-4-22-24(43-9-11-44(12-10-43)27(48)23-25(47)18(3)38-16-39-23)28(49)46-30(41-26(42-46)19-7-13-51-14-8-19)45(22)31(33,34)29(50)40-21-6-5-20(15-17(21)2)32(35,36)37/h5-7,15-16,47H,4,8-14,33-34H2,1-3H3,(H,40,50). The minimum atomic E-state index is -4.54. The molecule has 0 radical (unpaired) electrons. The van der Waals surface area contributed by atoms with Gasteiger partial charge in [-0.25, -0.2) is 9.97 Å². The Morgan fingerprint density at radius 2 is 1.82 bits per heavy atom. The highest BCUT2D eigenvalue weighted by Gasteiger charge is 2.38. The summed E-state index contributed by atoms with van der Waals surface area (Å²) in [5.41, 5.74) is 0.862. The smallest absolute Gasteiger partial charge is 0.416 e. The van der Waals surface area contributed by atoms with Crippen molar-refractivity contribution in [2.75, 3.05) is 49.6 Å². The second kappa shape index (κ2) is 13.5. The van der Waals surface area contributed by atoms with Gasteiger partial charge in [-0.3, -0.25) is 14.4 Å². The van der Waals surface area contributed by atoms with Gasteiger partial charge in [-0.1, -0.05) is 13.0 Å². The number of aromatic nitrogens is 6. The van der Waals surface area contributed by atoms with Gasteiger partial charge in [-0.15, -0.1) is 5.10 Å². The Balaban J connectivity index is 1.41. The Bertz CT molecular complexity index is 2130. The van der Waals surface area contributed by atoms with E-state index < -0.39 is 34.5 Å². The number of ether oxygens (including phenoxy) is 1. The minimum absolute atomic E-state index is 0.109. The van der Waals surface area contributed by atoms with Crippen LogP contribution in [0.15, 0.2) is 35.4 Å². The molecule has 2 aliphatic heterocycles. The predicted molar refractivity (Wildman–Crippen MR) is 186 cm³/mol. The van der Waals surface area contributed by atoms with Crippen molar-refractivity contribution in [1.29, 1.82) is 0 Å². The molecule has 19 heteroatoms. The van der Waals surface area contributed by atoms with Crippen LogP contribution in [-0.2, 0) is 27.5 Å². The largest absolute Gasteiger partial charge is 0.504 e. The van der Waals surface area contributed by atoms with Gasteiger partial charge < -0.3 is 29.5 Å². The monoisotopic (exact) mass is 705 g/mol. The van der Waals surface area contributed by atoms with Crippen LogP contribution in [0.3, 0.4) is 0 Å². The molecule has 0 spiro atoms. The molecule has 2 N–H and O–H groups in total. The number of piperazine rings is 1. The number of hydrogen-bond donors (Lipinski definition) is 2. The van der Waals surface area contributed by atoms with Crippen LogP contribution < -0.4 is 15.8 Å². The topological polar surface area (TPSA) is 160 Å². The number of fused-ring (bicyclic) bond motifs is 1. The zero-order valence-corrected chi connectivity index (χ0v) is 28.8. The van der Waals surface area contributed by atoms with Gasteiger partial charge in [0.05, 0.1) is 29.8 Å². The molecule has 0 atom stereocenters. The molecule has 2 amide bonds. The van der Waals surface area contributed by atoms with Crippen molar-refractivity contribution in [1.82, 2.24) is 34.0 Å². The lowest BCUT2D eigenvalue weighted by atomic mass is 9.60. The number of nitrogens with one attached hydrogen (secondary N) is 1. The number of halogens is 3. The lowest BCUT2D eigenvalue weighted by Crippen LogP contribution is -2.53. The van der Waals surface area contributed by atoms with E-state index in [0.717, 1.165) is 17.7 Å².